The maximum absolute atomic E-state index is 6.40. The van der Waals surface area contributed by atoms with Crippen molar-refractivity contribution in [2.75, 3.05) is 5.32 Å². The van der Waals surface area contributed by atoms with E-state index in [-0.39, 0.29) is 5.38 Å². The lowest BCUT2D eigenvalue weighted by molar-refractivity contribution is 0.626. The van der Waals surface area contributed by atoms with Gasteiger partial charge in [0.05, 0.1) is 5.38 Å². The van der Waals surface area contributed by atoms with Gasteiger partial charge in [0.1, 0.15) is 5.82 Å². The summed E-state index contributed by atoms with van der Waals surface area (Å²) in [6, 6.07) is 0.363. The van der Waals surface area contributed by atoms with Gasteiger partial charge in [0.15, 0.2) is 0 Å². The Morgan fingerprint density at radius 2 is 2.18 bits per heavy atom. The van der Waals surface area contributed by atoms with Crippen LogP contribution in [-0.2, 0) is 6.42 Å². The summed E-state index contributed by atoms with van der Waals surface area (Å²) in [6.45, 7) is 2.15. The summed E-state index contributed by atoms with van der Waals surface area (Å²) >= 11 is 7.86. The van der Waals surface area contributed by atoms with Crippen LogP contribution in [0.4, 0.5) is 5.13 Å². The summed E-state index contributed by atoms with van der Waals surface area (Å²) in [5.74, 6) is 0.958. The molecule has 1 aliphatic carbocycles. The van der Waals surface area contributed by atoms with E-state index in [0.717, 1.165) is 36.6 Å². The molecule has 96 valence electrons. The van der Waals surface area contributed by atoms with Crippen molar-refractivity contribution in [2.45, 2.75) is 63.3 Å². The summed E-state index contributed by atoms with van der Waals surface area (Å²) in [5.41, 5.74) is 0. The van der Waals surface area contributed by atoms with Crippen molar-refractivity contribution >= 4 is 28.3 Å². The third kappa shape index (κ3) is 3.81. The molecule has 0 radical (unpaired) electrons. The Kier molecular flexibility index (Phi) is 5.04. The number of aryl methyl sites for hydroxylation is 1. The summed E-state index contributed by atoms with van der Waals surface area (Å²) in [7, 11) is 0. The largest absolute Gasteiger partial charge is 0.356 e. The SMILES string of the molecule is CCCc1nsc(NC2CCCCCC2Cl)n1. The quantitative estimate of drug-likeness (QED) is 0.669. The Morgan fingerprint density at radius 3 is 3.00 bits per heavy atom. The maximum Gasteiger partial charge on any atom is 0.202 e. The molecule has 17 heavy (non-hydrogen) atoms. The predicted molar refractivity (Wildman–Crippen MR) is 74.0 cm³/mol. The van der Waals surface area contributed by atoms with E-state index in [1.165, 1.54) is 30.8 Å². The third-order valence-corrected chi connectivity index (χ3v) is 4.39. The van der Waals surface area contributed by atoms with Gasteiger partial charge in [-0.25, -0.2) is 4.98 Å². The number of hydrogen-bond acceptors (Lipinski definition) is 4. The zero-order chi connectivity index (χ0) is 12.1. The lowest BCUT2D eigenvalue weighted by Crippen LogP contribution is -2.28. The number of nitrogens with zero attached hydrogens (tertiary/aromatic N) is 2. The molecule has 3 nitrogen and oxygen atoms in total. The van der Waals surface area contributed by atoms with Gasteiger partial charge < -0.3 is 5.32 Å². The minimum Gasteiger partial charge on any atom is -0.356 e. The third-order valence-electron chi connectivity index (χ3n) is 3.18. The van der Waals surface area contributed by atoms with E-state index in [4.69, 9.17) is 11.6 Å². The molecule has 0 aromatic carbocycles. The van der Waals surface area contributed by atoms with Crippen molar-refractivity contribution in [3.05, 3.63) is 5.82 Å². The molecule has 2 rings (SSSR count). The molecule has 2 unspecified atom stereocenters. The van der Waals surface area contributed by atoms with Gasteiger partial charge in [-0.2, -0.15) is 4.37 Å². The number of halogens is 1. The molecule has 1 aromatic heterocycles. The summed E-state index contributed by atoms with van der Waals surface area (Å²) in [6.07, 6.45) is 8.14. The topological polar surface area (TPSA) is 37.8 Å². The van der Waals surface area contributed by atoms with Gasteiger partial charge in [-0.3, -0.25) is 0 Å². The Bertz CT molecular complexity index is 342. The first-order valence-corrected chi connectivity index (χ1v) is 7.73. The van der Waals surface area contributed by atoms with Crippen LogP contribution in [-0.4, -0.2) is 20.8 Å². The predicted octanol–water partition coefficient (Wildman–Crippen LogP) is 3.84. The standard InChI is InChI=1S/C12H20ClN3S/c1-2-6-11-15-12(17-16-11)14-10-8-5-3-4-7-9(10)13/h9-10H,2-8H2,1H3,(H,14,15,16). The summed E-state index contributed by atoms with van der Waals surface area (Å²) in [5, 5.41) is 4.63. The molecule has 0 amide bonds. The molecule has 0 aliphatic heterocycles. The number of alkyl halides is 1. The highest BCUT2D eigenvalue weighted by Crippen LogP contribution is 2.25. The van der Waals surface area contributed by atoms with Crippen molar-refractivity contribution in [2.24, 2.45) is 0 Å². The van der Waals surface area contributed by atoms with Gasteiger partial charge in [-0.15, -0.1) is 11.6 Å². The van der Waals surface area contributed by atoms with E-state index in [1.54, 1.807) is 0 Å². The molecule has 1 heterocycles. The smallest absolute Gasteiger partial charge is 0.202 e. The summed E-state index contributed by atoms with van der Waals surface area (Å²) in [4.78, 5) is 4.50. The Labute approximate surface area is 112 Å². The molecule has 2 atom stereocenters. The molecule has 0 bridgehead atoms. The van der Waals surface area contributed by atoms with Crippen LogP contribution in [0.5, 0.6) is 0 Å². The van der Waals surface area contributed by atoms with E-state index in [1.807, 2.05) is 0 Å². The number of aromatic nitrogens is 2. The van der Waals surface area contributed by atoms with Gasteiger partial charge >= 0.3 is 0 Å². The molecule has 1 aliphatic rings. The van der Waals surface area contributed by atoms with Crippen molar-refractivity contribution in [3.63, 3.8) is 0 Å². The zero-order valence-corrected chi connectivity index (χ0v) is 11.9. The molecular formula is C12H20ClN3S. The lowest BCUT2D eigenvalue weighted by atomic mass is 10.1. The fourth-order valence-corrected chi connectivity index (χ4v) is 3.24. The second kappa shape index (κ2) is 6.55. The number of anilines is 1. The van der Waals surface area contributed by atoms with Gasteiger partial charge in [-0.1, -0.05) is 26.2 Å². The minimum absolute atomic E-state index is 0.232. The van der Waals surface area contributed by atoms with E-state index < -0.39 is 0 Å². The van der Waals surface area contributed by atoms with Crippen molar-refractivity contribution in [1.82, 2.24) is 9.36 Å². The van der Waals surface area contributed by atoms with E-state index in [2.05, 4.69) is 21.6 Å². The first kappa shape index (κ1) is 13.1. The number of rotatable bonds is 4. The highest BCUT2D eigenvalue weighted by atomic mass is 35.5. The monoisotopic (exact) mass is 273 g/mol. The first-order chi connectivity index (χ1) is 8.29. The van der Waals surface area contributed by atoms with Crippen molar-refractivity contribution in [1.29, 1.82) is 0 Å². The van der Waals surface area contributed by atoms with Crippen LogP contribution in [0, 0.1) is 0 Å². The molecule has 0 saturated heterocycles. The second-order valence-corrected chi connectivity index (χ2v) is 5.98. The van der Waals surface area contributed by atoms with E-state index >= 15 is 0 Å². The lowest BCUT2D eigenvalue weighted by Gasteiger charge is -2.20. The molecular weight excluding hydrogens is 254 g/mol. The number of nitrogens with one attached hydrogen (secondary N) is 1. The Morgan fingerprint density at radius 1 is 1.35 bits per heavy atom. The highest BCUT2D eigenvalue weighted by Gasteiger charge is 2.22. The fourth-order valence-electron chi connectivity index (χ4n) is 2.22. The van der Waals surface area contributed by atoms with Gasteiger partial charge in [0.2, 0.25) is 5.13 Å². The molecule has 1 aromatic rings. The molecule has 1 saturated carbocycles. The normalized spacial score (nSPS) is 25.5. The average Bonchev–Trinajstić information content (AvgIpc) is 2.65. The Hall–Kier alpha value is -0.350. The zero-order valence-electron chi connectivity index (χ0n) is 10.3. The van der Waals surface area contributed by atoms with Crippen LogP contribution < -0.4 is 5.32 Å². The summed E-state index contributed by atoms with van der Waals surface area (Å²) < 4.78 is 4.34. The minimum atomic E-state index is 0.232. The highest BCUT2D eigenvalue weighted by molar-refractivity contribution is 7.09. The first-order valence-electron chi connectivity index (χ1n) is 6.52. The fraction of sp³-hybridized carbons (Fsp3) is 0.833. The second-order valence-electron chi connectivity index (χ2n) is 4.67. The van der Waals surface area contributed by atoms with Gasteiger partial charge in [-0.05, 0) is 19.3 Å². The van der Waals surface area contributed by atoms with E-state index in [0.29, 0.717) is 6.04 Å². The van der Waals surface area contributed by atoms with Crippen LogP contribution in [0.3, 0.4) is 0 Å². The molecule has 1 N–H and O–H groups in total. The van der Waals surface area contributed by atoms with Crippen LogP contribution in [0.1, 0.15) is 51.3 Å². The van der Waals surface area contributed by atoms with Crippen LogP contribution in [0.2, 0.25) is 0 Å². The average molecular weight is 274 g/mol. The molecule has 5 heteroatoms. The Balaban J connectivity index is 1.93. The molecule has 0 spiro atoms. The van der Waals surface area contributed by atoms with Crippen molar-refractivity contribution < 1.29 is 0 Å². The van der Waals surface area contributed by atoms with Crippen LogP contribution >= 0.6 is 23.1 Å². The van der Waals surface area contributed by atoms with Gasteiger partial charge in [0, 0.05) is 24.0 Å². The molecule has 1 fully saturated rings. The number of hydrogen-bond donors (Lipinski definition) is 1. The van der Waals surface area contributed by atoms with Gasteiger partial charge in [0.25, 0.3) is 0 Å². The van der Waals surface area contributed by atoms with Crippen LogP contribution in [0.25, 0.3) is 0 Å². The van der Waals surface area contributed by atoms with E-state index in [9.17, 15) is 0 Å². The van der Waals surface area contributed by atoms with Crippen LogP contribution in [0.15, 0.2) is 0 Å². The maximum atomic E-state index is 6.40. The van der Waals surface area contributed by atoms with Crippen molar-refractivity contribution in [3.8, 4) is 0 Å².